The minimum Gasteiger partial charge on any atom is -0.398 e. The average Bonchev–Trinajstić information content (AvgIpc) is 2.41. The van der Waals surface area contributed by atoms with Gasteiger partial charge in [0.05, 0.1) is 21.8 Å². The summed E-state index contributed by atoms with van der Waals surface area (Å²) >= 11 is 5.58. The third kappa shape index (κ3) is 2.19. The predicted molar refractivity (Wildman–Crippen MR) is 64.9 cm³/mol. The monoisotopic (exact) mass is 257 g/mol. The van der Waals surface area contributed by atoms with Gasteiger partial charge in [-0.05, 0) is 39.8 Å². The SMILES string of the molecule is CC1(C)OB(c2ccc(Cl)c(F)n2)OC1(C)C. The van der Waals surface area contributed by atoms with Gasteiger partial charge in [0.1, 0.15) is 0 Å². The Labute approximate surface area is 105 Å². The molecule has 1 aromatic rings. The lowest BCUT2D eigenvalue weighted by atomic mass is 9.84. The van der Waals surface area contributed by atoms with E-state index in [0.717, 1.165) is 0 Å². The molecule has 1 aliphatic rings. The van der Waals surface area contributed by atoms with Gasteiger partial charge >= 0.3 is 7.12 Å². The number of hydrogen-bond acceptors (Lipinski definition) is 3. The molecular weight excluding hydrogens is 243 g/mol. The quantitative estimate of drug-likeness (QED) is 0.571. The van der Waals surface area contributed by atoms with Crippen molar-refractivity contribution in [2.45, 2.75) is 38.9 Å². The molecular formula is C11H14BClFNO2. The second-order valence-corrected chi connectivity index (χ2v) is 5.50. The first-order valence-electron chi connectivity index (χ1n) is 5.40. The molecule has 0 radical (unpaired) electrons. The van der Waals surface area contributed by atoms with Crippen molar-refractivity contribution in [3.8, 4) is 0 Å². The lowest BCUT2D eigenvalue weighted by molar-refractivity contribution is 0.00578. The molecule has 1 aromatic heterocycles. The van der Waals surface area contributed by atoms with Crippen molar-refractivity contribution in [1.82, 2.24) is 4.98 Å². The molecule has 0 aromatic carbocycles. The van der Waals surface area contributed by atoms with Crippen molar-refractivity contribution in [3.63, 3.8) is 0 Å². The number of nitrogens with zero attached hydrogens (tertiary/aromatic N) is 1. The molecule has 6 heteroatoms. The largest absolute Gasteiger partial charge is 0.514 e. The zero-order chi connectivity index (χ0) is 12.8. The maximum absolute atomic E-state index is 13.3. The second-order valence-electron chi connectivity index (χ2n) is 5.10. The minimum absolute atomic E-state index is 0.00901. The number of aromatic nitrogens is 1. The molecule has 0 saturated carbocycles. The molecule has 0 aliphatic carbocycles. The number of hydrogen-bond donors (Lipinski definition) is 0. The zero-order valence-corrected chi connectivity index (χ0v) is 11.0. The molecule has 0 bridgehead atoms. The first kappa shape index (κ1) is 12.8. The first-order valence-corrected chi connectivity index (χ1v) is 5.78. The average molecular weight is 258 g/mol. The Kier molecular flexibility index (Phi) is 2.96. The van der Waals surface area contributed by atoms with Crippen LogP contribution >= 0.6 is 11.6 Å². The predicted octanol–water partition coefficient (Wildman–Crippen LogP) is 2.17. The Morgan fingerprint density at radius 1 is 1.18 bits per heavy atom. The normalized spacial score (nSPS) is 21.9. The lowest BCUT2D eigenvalue weighted by Gasteiger charge is -2.32. The Hall–Kier alpha value is -0.645. The first-order chi connectivity index (χ1) is 7.73. The van der Waals surface area contributed by atoms with Gasteiger partial charge < -0.3 is 9.31 Å². The van der Waals surface area contributed by atoms with Crippen molar-refractivity contribution in [2.24, 2.45) is 0 Å². The summed E-state index contributed by atoms with van der Waals surface area (Å²) in [6.07, 6.45) is 0. The topological polar surface area (TPSA) is 31.4 Å². The third-order valence-corrected chi connectivity index (χ3v) is 3.60. The van der Waals surface area contributed by atoms with E-state index < -0.39 is 24.3 Å². The van der Waals surface area contributed by atoms with Gasteiger partial charge in [0.15, 0.2) is 0 Å². The van der Waals surface area contributed by atoms with Gasteiger partial charge in [-0.15, -0.1) is 0 Å². The van der Waals surface area contributed by atoms with E-state index in [-0.39, 0.29) is 5.02 Å². The summed E-state index contributed by atoms with van der Waals surface area (Å²) in [6, 6.07) is 3.05. The molecule has 0 atom stereocenters. The highest BCUT2D eigenvalue weighted by molar-refractivity contribution is 6.61. The van der Waals surface area contributed by atoms with E-state index >= 15 is 0 Å². The van der Waals surface area contributed by atoms with Crippen LogP contribution in [0.25, 0.3) is 0 Å². The molecule has 1 saturated heterocycles. The number of halogens is 2. The molecule has 0 amide bonds. The second kappa shape index (κ2) is 3.94. The number of rotatable bonds is 1. The third-order valence-electron chi connectivity index (χ3n) is 3.32. The molecule has 0 spiro atoms. The van der Waals surface area contributed by atoms with E-state index in [9.17, 15) is 4.39 Å². The maximum Gasteiger partial charge on any atom is 0.514 e. The summed E-state index contributed by atoms with van der Waals surface area (Å²) in [5.41, 5.74) is -0.532. The van der Waals surface area contributed by atoms with Crippen molar-refractivity contribution >= 4 is 24.3 Å². The Morgan fingerprint density at radius 3 is 2.18 bits per heavy atom. The van der Waals surface area contributed by atoms with Gasteiger partial charge in [-0.3, -0.25) is 0 Å². The van der Waals surface area contributed by atoms with Crippen molar-refractivity contribution in [3.05, 3.63) is 23.1 Å². The standard InChI is InChI=1S/C11H14BClFNO2/c1-10(2)11(3,4)17-12(16-10)8-6-5-7(13)9(14)15-8/h5-6H,1-4H3. The van der Waals surface area contributed by atoms with Gasteiger partial charge in [-0.25, -0.2) is 4.98 Å². The van der Waals surface area contributed by atoms with Crippen molar-refractivity contribution in [2.75, 3.05) is 0 Å². The summed E-state index contributed by atoms with van der Waals surface area (Å²) in [6.45, 7) is 7.72. The molecule has 92 valence electrons. The molecule has 0 unspecified atom stereocenters. The van der Waals surface area contributed by atoms with Crippen LogP contribution in [-0.4, -0.2) is 23.3 Å². The van der Waals surface area contributed by atoms with Crippen molar-refractivity contribution < 1.29 is 13.7 Å². The molecule has 2 heterocycles. The summed E-state index contributed by atoms with van der Waals surface area (Å²) in [5.74, 6) is -0.709. The van der Waals surface area contributed by atoms with E-state index in [2.05, 4.69) is 4.98 Å². The van der Waals surface area contributed by atoms with Crippen LogP contribution in [-0.2, 0) is 9.31 Å². The fraction of sp³-hybridized carbons (Fsp3) is 0.545. The highest BCUT2D eigenvalue weighted by atomic mass is 35.5. The highest BCUT2D eigenvalue weighted by Gasteiger charge is 2.52. The van der Waals surface area contributed by atoms with E-state index in [1.165, 1.54) is 6.07 Å². The van der Waals surface area contributed by atoms with E-state index in [4.69, 9.17) is 20.9 Å². The van der Waals surface area contributed by atoms with Crippen LogP contribution in [0.1, 0.15) is 27.7 Å². The smallest absolute Gasteiger partial charge is 0.398 e. The number of pyridine rings is 1. The Morgan fingerprint density at radius 2 is 1.71 bits per heavy atom. The Bertz CT molecular complexity index is 437. The molecule has 3 nitrogen and oxygen atoms in total. The molecule has 0 N–H and O–H groups in total. The van der Waals surface area contributed by atoms with Crippen LogP contribution in [0.2, 0.25) is 5.02 Å². The molecule has 17 heavy (non-hydrogen) atoms. The van der Waals surface area contributed by atoms with Gasteiger partial charge in [0.2, 0.25) is 5.95 Å². The van der Waals surface area contributed by atoms with E-state index in [1.807, 2.05) is 27.7 Å². The van der Waals surface area contributed by atoms with Gasteiger partial charge in [0.25, 0.3) is 0 Å². The van der Waals surface area contributed by atoms with Crippen molar-refractivity contribution in [1.29, 1.82) is 0 Å². The Balaban J connectivity index is 2.29. The van der Waals surface area contributed by atoms with Gasteiger partial charge in [-0.1, -0.05) is 11.6 Å². The fourth-order valence-electron chi connectivity index (χ4n) is 1.53. The lowest BCUT2D eigenvalue weighted by Crippen LogP contribution is -2.41. The molecule has 2 rings (SSSR count). The fourth-order valence-corrected chi connectivity index (χ4v) is 1.63. The summed E-state index contributed by atoms with van der Waals surface area (Å²) in [5, 5.41) is -0.00901. The van der Waals surface area contributed by atoms with Gasteiger partial charge in [-0.2, -0.15) is 4.39 Å². The zero-order valence-electron chi connectivity index (χ0n) is 10.3. The maximum atomic E-state index is 13.3. The van der Waals surface area contributed by atoms with Crippen LogP contribution in [0.5, 0.6) is 0 Å². The minimum atomic E-state index is -0.709. The molecule has 1 aliphatic heterocycles. The van der Waals surface area contributed by atoms with Crippen LogP contribution in [0.15, 0.2) is 12.1 Å². The van der Waals surface area contributed by atoms with Crippen LogP contribution in [0.3, 0.4) is 0 Å². The van der Waals surface area contributed by atoms with E-state index in [0.29, 0.717) is 5.59 Å². The van der Waals surface area contributed by atoms with Crippen LogP contribution < -0.4 is 5.59 Å². The van der Waals surface area contributed by atoms with Gasteiger partial charge in [0, 0.05) is 0 Å². The van der Waals surface area contributed by atoms with E-state index in [1.54, 1.807) is 6.07 Å². The highest BCUT2D eigenvalue weighted by Crippen LogP contribution is 2.36. The summed E-state index contributed by atoms with van der Waals surface area (Å²) in [7, 11) is -0.660. The van der Waals surface area contributed by atoms with Crippen LogP contribution in [0.4, 0.5) is 4.39 Å². The molecule has 1 fully saturated rings. The van der Waals surface area contributed by atoms with Crippen LogP contribution in [0, 0.1) is 5.95 Å². The summed E-state index contributed by atoms with van der Waals surface area (Å²) < 4.78 is 24.8. The summed E-state index contributed by atoms with van der Waals surface area (Å²) in [4.78, 5) is 3.74.